The van der Waals surface area contributed by atoms with Crippen LogP contribution in [0.4, 0.5) is 9.59 Å². The van der Waals surface area contributed by atoms with Gasteiger partial charge in [-0.1, -0.05) is 6.07 Å². The summed E-state index contributed by atoms with van der Waals surface area (Å²) in [5.74, 6) is 0. The molecule has 2 amide bonds. The second-order valence-electron chi connectivity index (χ2n) is 3.61. The number of rotatable bonds is 3. The molecule has 0 unspecified atom stereocenters. The lowest BCUT2D eigenvalue weighted by molar-refractivity contribution is 0.157. The molecule has 1 aromatic rings. The van der Waals surface area contributed by atoms with E-state index in [9.17, 15) is 9.70 Å². The highest BCUT2D eigenvalue weighted by Crippen LogP contribution is 2.05. The Hall–Kier alpha value is -2.79. The molecule has 0 aliphatic carbocycles. The summed E-state index contributed by atoms with van der Waals surface area (Å²) in [6.45, 7) is 1.73. The number of carbonyl (C=O) groups is 2. The lowest BCUT2D eigenvalue weighted by Gasteiger charge is -2.02. The van der Waals surface area contributed by atoms with Crippen LogP contribution in [-0.2, 0) is 13.2 Å². The number of aliphatic hydroxyl groups is 2. The number of hydrogen-bond donors (Lipinski definition) is 5. The third-order valence-corrected chi connectivity index (χ3v) is 1.97. The molecule has 1 rings (SSSR count). The molecule has 0 aliphatic heterocycles. The maximum atomic E-state index is 9.56. The van der Waals surface area contributed by atoms with E-state index in [0.29, 0.717) is 11.4 Å². The summed E-state index contributed by atoms with van der Waals surface area (Å²) >= 11 is 0. The van der Waals surface area contributed by atoms with Crippen molar-refractivity contribution in [1.29, 1.82) is 0 Å². The van der Waals surface area contributed by atoms with Gasteiger partial charge in [0.2, 0.25) is 0 Å². The molecular weight excluding hydrogens is 300 g/mol. The van der Waals surface area contributed by atoms with Crippen molar-refractivity contribution < 1.29 is 30.0 Å². The van der Waals surface area contributed by atoms with Crippen molar-refractivity contribution in [1.82, 2.24) is 9.99 Å². The fraction of sp³-hybridized carbons (Fsp3) is 0.364. The fourth-order valence-electron chi connectivity index (χ4n) is 0.899. The minimum Gasteiger partial charge on any atom is -0.465 e. The SMILES string of the molecule is CN(N=O)C(=O)O.Cc1ccc(CO)nc1CO.NC(=O)O. The summed E-state index contributed by atoms with van der Waals surface area (Å²) in [7, 11) is 1.05. The number of nitrogens with zero attached hydrogens (tertiary/aromatic N) is 3. The van der Waals surface area contributed by atoms with E-state index in [0.717, 1.165) is 12.6 Å². The number of nitroso groups, excluding NO2 is 1. The van der Waals surface area contributed by atoms with Crippen molar-refractivity contribution in [2.45, 2.75) is 20.1 Å². The van der Waals surface area contributed by atoms with Crippen LogP contribution in [0.5, 0.6) is 0 Å². The van der Waals surface area contributed by atoms with Gasteiger partial charge in [-0.25, -0.2) is 9.59 Å². The molecule has 0 radical (unpaired) electrons. The Bertz CT molecular complexity index is 491. The third-order valence-electron chi connectivity index (χ3n) is 1.97. The molecule has 0 saturated heterocycles. The highest BCUT2D eigenvalue weighted by molar-refractivity contribution is 5.63. The Balaban J connectivity index is 0. The van der Waals surface area contributed by atoms with Crippen LogP contribution in [0.1, 0.15) is 17.0 Å². The number of primary amides is 1. The van der Waals surface area contributed by atoms with Crippen LogP contribution in [0.25, 0.3) is 0 Å². The van der Waals surface area contributed by atoms with Gasteiger partial charge in [-0.3, -0.25) is 4.98 Å². The zero-order chi connectivity index (χ0) is 17.7. The quantitative estimate of drug-likeness (QED) is 0.388. The van der Waals surface area contributed by atoms with Crippen molar-refractivity contribution in [2.75, 3.05) is 7.05 Å². The molecule has 22 heavy (non-hydrogen) atoms. The molecule has 1 heterocycles. The van der Waals surface area contributed by atoms with Crippen LogP contribution in [0, 0.1) is 11.8 Å². The lowest BCUT2D eigenvalue weighted by atomic mass is 10.2. The summed E-state index contributed by atoms with van der Waals surface area (Å²) < 4.78 is 0. The summed E-state index contributed by atoms with van der Waals surface area (Å²) in [6, 6.07) is 3.58. The Kier molecular flexibility index (Phi) is 11.7. The minimum atomic E-state index is -1.35. The van der Waals surface area contributed by atoms with E-state index in [1.807, 2.05) is 13.0 Å². The zero-order valence-corrected chi connectivity index (χ0v) is 12.0. The van der Waals surface area contributed by atoms with Crippen molar-refractivity contribution >= 4 is 12.2 Å². The maximum Gasteiger partial charge on any atom is 0.430 e. The first-order valence-electron chi connectivity index (χ1n) is 5.64. The summed E-state index contributed by atoms with van der Waals surface area (Å²) in [6.07, 6.45) is -2.69. The van der Waals surface area contributed by atoms with Gasteiger partial charge in [0, 0.05) is 7.05 Å². The molecule has 0 fully saturated rings. The molecule has 6 N–H and O–H groups in total. The highest BCUT2D eigenvalue weighted by Gasteiger charge is 2.00. The normalized spacial score (nSPS) is 8.55. The Morgan fingerprint density at radius 3 is 2.05 bits per heavy atom. The Labute approximate surface area is 125 Å². The van der Waals surface area contributed by atoms with Crippen molar-refractivity contribution in [2.24, 2.45) is 11.0 Å². The average molecular weight is 318 g/mol. The second-order valence-corrected chi connectivity index (χ2v) is 3.61. The third kappa shape index (κ3) is 11.1. The number of aryl methyl sites for hydroxylation is 1. The van der Waals surface area contributed by atoms with Crippen LogP contribution in [0.2, 0.25) is 0 Å². The molecular formula is C11H18N4O7. The number of hydrogen-bond acceptors (Lipinski definition) is 7. The van der Waals surface area contributed by atoms with E-state index >= 15 is 0 Å². The van der Waals surface area contributed by atoms with E-state index < -0.39 is 12.2 Å². The summed E-state index contributed by atoms with van der Waals surface area (Å²) in [4.78, 5) is 31.6. The first kappa shape index (κ1) is 21.5. The van der Waals surface area contributed by atoms with Gasteiger partial charge in [0.15, 0.2) is 0 Å². The van der Waals surface area contributed by atoms with Gasteiger partial charge in [0.25, 0.3) is 0 Å². The number of carboxylic acid groups (broad SMARTS) is 2. The summed E-state index contributed by atoms with van der Waals surface area (Å²) in [5.41, 5.74) is 6.21. The lowest BCUT2D eigenvalue weighted by Crippen LogP contribution is -2.16. The van der Waals surface area contributed by atoms with Gasteiger partial charge in [-0.15, -0.1) is 4.91 Å². The van der Waals surface area contributed by atoms with Gasteiger partial charge in [-0.2, -0.15) is 5.01 Å². The molecule has 0 saturated carbocycles. The van der Waals surface area contributed by atoms with Crippen LogP contribution >= 0.6 is 0 Å². The number of amides is 2. The first-order valence-corrected chi connectivity index (χ1v) is 5.64. The number of nitrogens with two attached hydrogens (primary N) is 1. The van der Waals surface area contributed by atoms with Crippen LogP contribution in [0.15, 0.2) is 17.4 Å². The standard InChI is InChI=1S/C8H11NO2.C2H4N2O3.CH3NO2/c1-6-2-3-7(4-10)9-8(6)5-11;1-4(3-7)2(5)6;2-1(3)4/h2-3,10-11H,4-5H2,1H3;1H3,(H,5,6);2H2,(H,3,4). The van der Waals surface area contributed by atoms with Gasteiger partial charge >= 0.3 is 12.2 Å². The van der Waals surface area contributed by atoms with Gasteiger partial charge in [0.1, 0.15) is 0 Å². The fourth-order valence-corrected chi connectivity index (χ4v) is 0.899. The summed E-state index contributed by atoms with van der Waals surface area (Å²) in [5, 5.41) is 34.9. The average Bonchev–Trinajstić information content (AvgIpc) is 2.46. The van der Waals surface area contributed by atoms with Crippen molar-refractivity contribution in [3.05, 3.63) is 34.0 Å². The Morgan fingerprint density at radius 1 is 1.27 bits per heavy atom. The van der Waals surface area contributed by atoms with E-state index in [1.54, 1.807) is 6.07 Å². The van der Waals surface area contributed by atoms with Gasteiger partial charge in [-0.05, 0) is 18.6 Å². The van der Waals surface area contributed by atoms with Crippen molar-refractivity contribution in [3.63, 3.8) is 0 Å². The predicted octanol–water partition coefficient (Wildman–Crippen LogP) is 0.275. The molecule has 0 atom stereocenters. The molecule has 0 aliphatic rings. The highest BCUT2D eigenvalue weighted by atomic mass is 16.4. The smallest absolute Gasteiger partial charge is 0.430 e. The van der Waals surface area contributed by atoms with E-state index in [1.165, 1.54) is 0 Å². The molecule has 0 aromatic carbocycles. The molecule has 11 heteroatoms. The van der Waals surface area contributed by atoms with E-state index in [4.69, 9.17) is 25.2 Å². The minimum absolute atomic E-state index is 0.0698. The molecule has 124 valence electrons. The van der Waals surface area contributed by atoms with Gasteiger partial charge < -0.3 is 26.2 Å². The number of aromatic nitrogens is 1. The van der Waals surface area contributed by atoms with Crippen LogP contribution < -0.4 is 5.73 Å². The number of aliphatic hydroxyl groups excluding tert-OH is 2. The van der Waals surface area contributed by atoms with E-state index in [-0.39, 0.29) is 18.2 Å². The Morgan fingerprint density at radius 2 is 1.77 bits per heavy atom. The number of pyridine rings is 1. The molecule has 0 spiro atoms. The maximum absolute atomic E-state index is 9.56. The van der Waals surface area contributed by atoms with Gasteiger partial charge in [0.05, 0.1) is 29.9 Å². The largest absolute Gasteiger partial charge is 0.465 e. The zero-order valence-electron chi connectivity index (χ0n) is 12.0. The topological polar surface area (TPSA) is 187 Å². The molecule has 1 aromatic heterocycles. The van der Waals surface area contributed by atoms with Crippen LogP contribution in [-0.4, -0.2) is 49.7 Å². The second kappa shape index (κ2) is 12.0. The van der Waals surface area contributed by atoms with Crippen LogP contribution in [0.3, 0.4) is 0 Å². The van der Waals surface area contributed by atoms with Crippen molar-refractivity contribution in [3.8, 4) is 0 Å². The van der Waals surface area contributed by atoms with E-state index in [2.05, 4.69) is 16.0 Å². The first-order chi connectivity index (χ1) is 10.2. The predicted molar refractivity (Wildman–Crippen MR) is 74.6 cm³/mol. The monoisotopic (exact) mass is 318 g/mol. The molecule has 0 bridgehead atoms. The molecule has 11 nitrogen and oxygen atoms in total.